The largest absolute Gasteiger partial charge is 0.494 e. The van der Waals surface area contributed by atoms with Crippen molar-refractivity contribution >= 4 is 6.03 Å². The zero-order valence-electron chi connectivity index (χ0n) is 13.4. The van der Waals surface area contributed by atoms with Crippen molar-refractivity contribution < 1.29 is 13.9 Å². The highest BCUT2D eigenvalue weighted by Crippen LogP contribution is 2.21. The number of hydrogen-bond donors (Lipinski definition) is 2. The van der Waals surface area contributed by atoms with Crippen LogP contribution in [0.5, 0.6) is 5.75 Å². The Kier molecular flexibility index (Phi) is 5.56. The second-order valence-corrected chi connectivity index (χ2v) is 5.36. The van der Waals surface area contributed by atoms with Crippen LogP contribution in [0.1, 0.15) is 25.5 Å². The molecule has 0 saturated heterocycles. The summed E-state index contributed by atoms with van der Waals surface area (Å²) in [5, 5.41) is 9.70. The zero-order chi connectivity index (χ0) is 16.8. The fraction of sp³-hybridized carbons (Fsp3) is 0.375. The minimum Gasteiger partial charge on any atom is -0.494 e. The molecule has 2 aromatic rings. The molecule has 0 spiro atoms. The monoisotopic (exact) mass is 320 g/mol. The van der Waals surface area contributed by atoms with Crippen LogP contribution >= 0.6 is 0 Å². The molecule has 0 unspecified atom stereocenters. The van der Waals surface area contributed by atoms with Gasteiger partial charge in [0.15, 0.2) is 11.6 Å². The number of hydrogen-bond acceptors (Lipinski definition) is 3. The van der Waals surface area contributed by atoms with Crippen LogP contribution in [0, 0.1) is 5.82 Å². The first-order chi connectivity index (χ1) is 11.0. The minimum atomic E-state index is -0.453. The molecule has 2 amide bonds. The van der Waals surface area contributed by atoms with Gasteiger partial charge in [0, 0.05) is 18.4 Å². The van der Waals surface area contributed by atoms with Crippen LogP contribution in [0.3, 0.4) is 0 Å². The van der Waals surface area contributed by atoms with Gasteiger partial charge in [-0.15, -0.1) is 0 Å². The SMILES string of the molecule is COc1ccc([C@H](C)NC(=O)N[C@H](C)Cn2cccn2)cc1F. The predicted octanol–water partition coefficient (Wildman–Crippen LogP) is 2.48. The lowest BCUT2D eigenvalue weighted by Crippen LogP contribution is -2.43. The summed E-state index contributed by atoms with van der Waals surface area (Å²) in [6, 6.07) is 5.72. The first-order valence-electron chi connectivity index (χ1n) is 7.37. The van der Waals surface area contributed by atoms with Crippen LogP contribution < -0.4 is 15.4 Å². The summed E-state index contributed by atoms with van der Waals surface area (Å²) in [5.41, 5.74) is 0.665. The summed E-state index contributed by atoms with van der Waals surface area (Å²) in [6.45, 7) is 4.25. The van der Waals surface area contributed by atoms with Crippen molar-refractivity contribution in [1.82, 2.24) is 20.4 Å². The number of urea groups is 1. The quantitative estimate of drug-likeness (QED) is 0.859. The molecular formula is C16H21FN4O2. The third kappa shape index (κ3) is 4.70. The molecule has 23 heavy (non-hydrogen) atoms. The van der Waals surface area contributed by atoms with Crippen LogP contribution in [0.25, 0.3) is 0 Å². The Morgan fingerprint density at radius 1 is 1.39 bits per heavy atom. The average Bonchev–Trinajstić information content (AvgIpc) is 2.99. The number of carbonyl (C=O) groups is 1. The summed E-state index contributed by atoms with van der Waals surface area (Å²) >= 11 is 0. The van der Waals surface area contributed by atoms with Gasteiger partial charge < -0.3 is 15.4 Å². The molecule has 0 radical (unpaired) electrons. The molecule has 6 nitrogen and oxygen atoms in total. The number of methoxy groups -OCH3 is 1. The number of benzene rings is 1. The standard InChI is InChI=1S/C16H21FN4O2/c1-11(10-21-8-4-7-18-21)19-16(22)20-12(2)13-5-6-15(23-3)14(17)9-13/h4-9,11-12H,10H2,1-3H3,(H2,19,20,22)/t11-,12+/m1/s1. The van der Waals surface area contributed by atoms with E-state index in [1.807, 2.05) is 19.2 Å². The first kappa shape index (κ1) is 16.8. The van der Waals surface area contributed by atoms with Crippen LogP contribution in [0.4, 0.5) is 9.18 Å². The molecule has 0 bridgehead atoms. The van der Waals surface area contributed by atoms with E-state index in [4.69, 9.17) is 4.74 Å². The van der Waals surface area contributed by atoms with Gasteiger partial charge in [-0.25, -0.2) is 9.18 Å². The van der Waals surface area contributed by atoms with Gasteiger partial charge >= 0.3 is 6.03 Å². The summed E-state index contributed by atoms with van der Waals surface area (Å²) in [5.74, 6) is -0.274. The van der Waals surface area contributed by atoms with E-state index >= 15 is 0 Å². The number of halogens is 1. The third-order valence-electron chi connectivity index (χ3n) is 3.42. The molecule has 2 rings (SSSR count). The highest BCUT2D eigenvalue weighted by molar-refractivity contribution is 5.74. The summed E-state index contributed by atoms with van der Waals surface area (Å²) in [6.07, 6.45) is 3.52. The lowest BCUT2D eigenvalue weighted by Gasteiger charge is -2.19. The number of ether oxygens (including phenoxy) is 1. The summed E-state index contributed by atoms with van der Waals surface area (Å²) in [4.78, 5) is 12.0. The molecule has 7 heteroatoms. The topological polar surface area (TPSA) is 68.2 Å². The number of nitrogens with zero attached hydrogens (tertiary/aromatic N) is 2. The maximum absolute atomic E-state index is 13.7. The first-order valence-corrected chi connectivity index (χ1v) is 7.37. The fourth-order valence-electron chi connectivity index (χ4n) is 2.23. The van der Waals surface area contributed by atoms with Gasteiger partial charge in [-0.2, -0.15) is 5.10 Å². The number of carbonyl (C=O) groups excluding carboxylic acids is 1. The van der Waals surface area contributed by atoms with E-state index in [1.54, 1.807) is 29.9 Å². The molecular weight excluding hydrogens is 299 g/mol. The lowest BCUT2D eigenvalue weighted by atomic mass is 10.1. The zero-order valence-corrected chi connectivity index (χ0v) is 13.4. The smallest absolute Gasteiger partial charge is 0.315 e. The van der Waals surface area contributed by atoms with Crippen LogP contribution in [-0.4, -0.2) is 29.0 Å². The molecule has 1 aromatic carbocycles. The number of amides is 2. The minimum absolute atomic E-state index is 0.0882. The average molecular weight is 320 g/mol. The van der Waals surface area contributed by atoms with Gasteiger partial charge in [-0.05, 0) is 37.6 Å². The summed E-state index contributed by atoms with van der Waals surface area (Å²) in [7, 11) is 1.41. The van der Waals surface area contributed by atoms with E-state index < -0.39 is 5.82 Å². The molecule has 0 aliphatic carbocycles. The van der Waals surface area contributed by atoms with E-state index in [2.05, 4.69) is 15.7 Å². The van der Waals surface area contributed by atoms with Gasteiger partial charge in [0.2, 0.25) is 0 Å². The van der Waals surface area contributed by atoms with Crippen molar-refractivity contribution in [3.05, 3.63) is 48.0 Å². The third-order valence-corrected chi connectivity index (χ3v) is 3.42. The Labute approximate surface area is 134 Å². The molecule has 1 aromatic heterocycles. The highest BCUT2D eigenvalue weighted by Gasteiger charge is 2.14. The van der Waals surface area contributed by atoms with E-state index in [0.29, 0.717) is 12.1 Å². The second kappa shape index (κ2) is 7.62. The van der Waals surface area contributed by atoms with Crippen molar-refractivity contribution in [3.63, 3.8) is 0 Å². The Hall–Kier alpha value is -2.57. The van der Waals surface area contributed by atoms with Crippen molar-refractivity contribution in [2.75, 3.05) is 7.11 Å². The number of nitrogens with one attached hydrogen (secondary N) is 2. The van der Waals surface area contributed by atoms with E-state index in [0.717, 1.165) is 0 Å². The Balaban J connectivity index is 1.87. The van der Waals surface area contributed by atoms with Crippen LogP contribution in [-0.2, 0) is 6.54 Å². The van der Waals surface area contributed by atoms with E-state index in [-0.39, 0.29) is 23.9 Å². The van der Waals surface area contributed by atoms with Crippen LogP contribution in [0.15, 0.2) is 36.7 Å². The van der Waals surface area contributed by atoms with Gasteiger partial charge in [0.1, 0.15) is 0 Å². The van der Waals surface area contributed by atoms with Gasteiger partial charge in [-0.1, -0.05) is 6.07 Å². The summed E-state index contributed by atoms with van der Waals surface area (Å²) < 4.78 is 20.3. The molecule has 1 heterocycles. The fourth-order valence-corrected chi connectivity index (χ4v) is 2.23. The highest BCUT2D eigenvalue weighted by atomic mass is 19.1. The maximum Gasteiger partial charge on any atom is 0.315 e. The Bertz CT molecular complexity index is 646. The van der Waals surface area contributed by atoms with Crippen LogP contribution in [0.2, 0.25) is 0 Å². The molecule has 124 valence electrons. The van der Waals surface area contributed by atoms with Crippen molar-refractivity contribution in [1.29, 1.82) is 0 Å². The van der Waals surface area contributed by atoms with E-state index in [1.165, 1.54) is 13.2 Å². The molecule has 2 atom stereocenters. The molecule has 0 aliphatic rings. The normalized spacial score (nSPS) is 13.2. The molecule has 0 saturated carbocycles. The van der Waals surface area contributed by atoms with Crippen molar-refractivity contribution in [2.45, 2.75) is 32.5 Å². The van der Waals surface area contributed by atoms with Crippen molar-refractivity contribution in [2.24, 2.45) is 0 Å². The van der Waals surface area contributed by atoms with E-state index in [9.17, 15) is 9.18 Å². The number of aromatic nitrogens is 2. The van der Waals surface area contributed by atoms with Gasteiger partial charge in [0.05, 0.1) is 19.7 Å². The Morgan fingerprint density at radius 2 is 2.17 bits per heavy atom. The Morgan fingerprint density at radius 3 is 2.78 bits per heavy atom. The molecule has 0 fully saturated rings. The lowest BCUT2D eigenvalue weighted by molar-refractivity contribution is 0.233. The number of rotatable bonds is 6. The van der Waals surface area contributed by atoms with Crippen molar-refractivity contribution in [3.8, 4) is 5.75 Å². The maximum atomic E-state index is 13.7. The molecule has 2 N–H and O–H groups in total. The van der Waals surface area contributed by atoms with Gasteiger partial charge in [-0.3, -0.25) is 4.68 Å². The molecule has 0 aliphatic heterocycles. The second-order valence-electron chi connectivity index (χ2n) is 5.36. The predicted molar refractivity (Wildman–Crippen MR) is 84.7 cm³/mol. The van der Waals surface area contributed by atoms with Gasteiger partial charge in [0.25, 0.3) is 0 Å².